The van der Waals surface area contributed by atoms with Crippen LogP contribution in [0.4, 0.5) is 4.39 Å². The standard InChI is InChI=1S/C16H21FN4O.2ClH/c1-21-14-10-11(17)5-6-12(14)20-15(21)7-9-19-16(22)13-4-2-3-8-18-13;;/h5-6,10,13,18H,2-4,7-9H2,1H3,(H,19,22);2*1H/t13-;;/m1../s1. The lowest BCUT2D eigenvalue weighted by Gasteiger charge is -2.22. The molecule has 1 aromatic heterocycles. The van der Waals surface area contributed by atoms with E-state index in [1.807, 2.05) is 11.6 Å². The number of aryl methyl sites for hydroxylation is 1. The summed E-state index contributed by atoms with van der Waals surface area (Å²) in [7, 11) is 1.87. The fraction of sp³-hybridized carbons (Fsp3) is 0.500. The number of rotatable bonds is 4. The minimum atomic E-state index is -0.265. The fourth-order valence-electron chi connectivity index (χ4n) is 2.93. The number of piperidine rings is 1. The molecule has 1 atom stereocenters. The normalized spacial score (nSPS) is 17.0. The average molecular weight is 377 g/mol. The average Bonchev–Trinajstić information content (AvgIpc) is 2.84. The number of aromatic nitrogens is 2. The lowest BCUT2D eigenvalue weighted by Crippen LogP contribution is -2.47. The van der Waals surface area contributed by atoms with Crippen molar-refractivity contribution >= 4 is 41.8 Å². The van der Waals surface area contributed by atoms with E-state index in [1.54, 1.807) is 6.07 Å². The molecule has 0 saturated carbocycles. The molecule has 3 rings (SSSR count). The Morgan fingerprint density at radius 3 is 2.92 bits per heavy atom. The van der Waals surface area contributed by atoms with Crippen LogP contribution in [0, 0.1) is 5.82 Å². The molecule has 1 aromatic carbocycles. The summed E-state index contributed by atoms with van der Waals surface area (Å²) in [6, 6.07) is 4.51. The van der Waals surface area contributed by atoms with Crippen molar-refractivity contribution < 1.29 is 9.18 Å². The SMILES string of the molecule is Cl.Cl.Cn1c(CCNC(=O)[C@H]2CCCCN2)nc2ccc(F)cc21. The number of hydrogen-bond donors (Lipinski definition) is 2. The van der Waals surface area contributed by atoms with Gasteiger partial charge >= 0.3 is 0 Å². The predicted molar refractivity (Wildman–Crippen MR) is 97.5 cm³/mol. The van der Waals surface area contributed by atoms with Crippen molar-refractivity contribution in [3.63, 3.8) is 0 Å². The van der Waals surface area contributed by atoms with E-state index in [-0.39, 0.29) is 42.6 Å². The summed E-state index contributed by atoms with van der Waals surface area (Å²) in [5, 5.41) is 6.19. The molecular formula is C16H23Cl2FN4O. The number of hydrogen-bond acceptors (Lipinski definition) is 3. The highest BCUT2D eigenvalue weighted by Gasteiger charge is 2.20. The summed E-state index contributed by atoms with van der Waals surface area (Å²) in [5.74, 6) is 0.640. The lowest BCUT2D eigenvalue weighted by molar-refractivity contribution is -0.123. The third kappa shape index (κ3) is 4.59. The maximum Gasteiger partial charge on any atom is 0.237 e. The van der Waals surface area contributed by atoms with E-state index in [0.29, 0.717) is 13.0 Å². The molecule has 0 aliphatic carbocycles. The zero-order chi connectivity index (χ0) is 15.5. The molecule has 0 spiro atoms. The molecule has 1 saturated heterocycles. The van der Waals surface area contributed by atoms with Crippen LogP contribution in [0.2, 0.25) is 0 Å². The number of nitrogens with one attached hydrogen (secondary N) is 2. The van der Waals surface area contributed by atoms with Crippen molar-refractivity contribution in [3.8, 4) is 0 Å². The van der Waals surface area contributed by atoms with Gasteiger partial charge in [-0.1, -0.05) is 6.42 Å². The van der Waals surface area contributed by atoms with Gasteiger partial charge in [-0.25, -0.2) is 9.37 Å². The zero-order valence-corrected chi connectivity index (χ0v) is 15.2. The molecule has 0 unspecified atom stereocenters. The van der Waals surface area contributed by atoms with Gasteiger partial charge in [-0.05, 0) is 37.6 Å². The lowest BCUT2D eigenvalue weighted by atomic mass is 10.0. The summed E-state index contributed by atoms with van der Waals surface area (Å²) in [5.41, 5.74) is 1.55. The van der Waals surface area contributed by atoms with E-state index in [2.05, 4.69) is 15.6 Å². The van der Waals surface area contributed by atoms with Gasteiger partial charge in [0.25, 0.3) is 0 Å². The molecule has 1 aliphatic rings. The van der Waals surface area contributed by atoms with E-state index < -0.39 is 0 Å². The van der Waals surface area contributed by atoms with Crippen molar-refractivity contribution in [3.05, 3.63) is 29.8 Å². The fourth-order valence-corrected chi connectivity index (χ4v) is 2.93. The molecule has 0 radical (unpaired) electrons. The van der Waals surface area contributed by atoms with Crippen molar-refractivity contribution in [2.45, 2.75) is 31.7 Å². The largest absolute Gasteiger partial charge is 0.354 e. The van der Waals surface area contributed by atoms with Crippen molar-refractivity contribution in [2.24, 2.45) is 7.05 Å². The minimum absolute atomic E-state index is 0. The number of nitrogens with zero attached hydrogens (tertiary/aromatic N) is 2. The number of halogens is 3. The van der Waals surface area contributed by atoms with Gasteiger partial charge in [-0.2, -0.15) is 0 Å². The van der Waals surface area contributed by atoms with Crippen LogP contribution in [0.3, 0.4) is 0 Å². The topological polar surface area (TPSA) is 59.0 Å². The highest BCUT2D eigenvalue weighted by molar-refractivity contribution is 5.85. The Hall–Kier alpha value is -1.37. The van der Waals surface area contributed by atoms with E-state index in [4.69, 9.17) is 0 Å². The molecule has 0 bridgehead atoms. The number of amides is 1. The number of imidazole rings is 1. The van der Waals surface area contributed by atoms with Gasteiger partial charge in [-0.15, -0.1) is 24.8 Å². The monoisotopic (exact) mass is 376 g/mol. The Morgan fingerprint density at radius 2 is 2.21 bits per heavy atom. The number of fused-ring (bicyclic) bond motifs is 1. The highest BCUT2D eigenvalue weighted by Crippen LogP contribution is 2.16. The van der Waals surface area contributed by atoms with Crippen LogP contribution in [0.15, 0.2) is 18.2 Å². The summed E-state index contributed by atoms with van der Waals surface area (Å²) in [6.45, 7) is 1.45. The van der Waals surface area contributed by atoms with Crippen LogP contribution in [0.25, 0.3) is 11.0 Å². The van der Waals surface area contributed by atoms with Gasteiger partial charge in [-0.3, -0.25) is 4.79 Å². The van der Waals surface area contributed by atoms with Crippen LogP contribution in [-0.4, -0.2) is 34.6 Å². The molecule has 24 heavy (non-hydrogen) atoms. The third-order valence-electron chi connectivity index (χ3n) is 4.21. The Bertz CT molecular complexity index is 686. The molecule has 8 heteroatoms. The van der Waals surface area contributed by atoms with E-state index in [0.717, 1.165) is 42.7 Å². The minimum Gasteiger partial charge on any atom is -0.354 e. The summed E-state index contributed by atoms with van der Waals surface area (Å²) < 4.78 is 15.2. The van der Waals surface area contributed by atoms with E-state index in [9.17, 15) is 9.18 Å². The molecule has 2 heterocycles. The summed E-state index contributed by atoms with van der Waals surface area (Å²) >= 11 is 0. The molecule has 1 fully saturated rings. The predicted octanol–water partition coefficient (Wildman–Crippen LogP) is 2.36. The molecular weight excluding hydrogens is 354 g/mol. The molecule has 5 nitrogen and oxygen atoms in total. The van der Waals surface area contributed by atoms with Crippen molar-refractivity contribution in [1.29, 1.82) is 0 Å². The van der Waals surface area contributed by atoms with Gasteiger partial charge in [0.05, 0.1) is 17.1 Å². The maximum absolute atomic E-state index is 13.3. The van der Waals surface area contributed by atoms with Crippen LogP contribution < -0.4 is 10.6 Å². The smallest absolute Gasteiger partial charge is 0.237 e. The summed E-state index contributed by atoms with van der Waals surface area (Å²) in [6.07, 6.45) is 3.77. The summed E-state index contributed by atoms with van der Waals surface area (Å²) in [4.78, 5) is 16.5. The second kappa shape index (κ2) is 9.20. The molecule has 1 amide bonds. The first-order valence-corrected chi connectivity index (χ1v) is 7.77. The highest BCUT2D eigenvalue weighted by atomic mass is 35.5. The Labute approximate surface area is 153 Å². The Balaban J connectivity index is 0.00000144. The van der Waals surface area contributed by atoms with Gasteiger partial charge in [0.2, 0.25) is 5.91 Å². The molecule has 134 valence electrons. The molecule has 1 aliphatic heterocycles. The van der Waals surface area contributed by atoms with E-state index in [1.165, 1.54) is 12.1 Å². The Morgan fingerprint density at radius 1 is 1.42 bits per heavy atom. The van der Waals surface area contributed by atoms with Crippen LogP contribution in [0.1, 0.15) is 25.1 Å². The second-order valence-corrected chi connectivity index (χ2v) is 5.76. The third-order valence-corrected chi connectivity index (χ3v) is 4.21. The first-order chi connectivity index (χ1) is 10.6. The zero-order valence-electron chi connectivity index (χ0n) is 13.5. The first kappa shape index (κ1) is 20.7. The first-order valence-electron chi connectivity index (χ1n) is 7.77. The maximum atomic E-state index is 13.3. The van der Waals surface area contributed by atoms with Crippen LogP contribution >= 0.6 is 24.8 Å². The molecule has 2 aromatic rings. The van der Waals surface area contributed by atoms with Crippen molar-refractivity contribution in [2.75, 3.05) is 13.1 Å². The van der Waals surface area contributed by atoms with Crippen molar-refractivity contribution in [1.82, 2.24) is 20.2 Å². The Kier molecular flexibility index (Phi) is 7.93. The van der Waals surface area contributed by atoms with E-state index >= 15 is 0 Å². The second-order valence-electron chi connectivity index (χ2n) is 5.76. The van der Waals surface area contributed by atoms with Gasteiger partial charge in [0.1, 0.15) is 11.6 Å². The molecule has 2 N–H and O–H groups in total. The van der Waals surface area contributed by atoms with Gasteiger partial charge in [0, 0.05) is 20.0 Å². The number of benzene rings is 1. The number of carbonyl (C=O) groups is 1. The van der Waals surface area contributed by atoms with Crippen LogP contribution in [-0.2, 0) is 18.3 Å². The van der Waals surface area contributed by atoms with Gasteiger partial charge < -0.3 is 15.2 Å². The quantitative estimate of drug-likeness (QED) is 0.860. The van der Waals surface area contributed by atoms with Crippen LogP contribution in [0.5, 0.6) is 0 Å². The number of carbonyl (C=O) groups excluding carboxylic acids is 1. The van der Waals surface area contributed by atoms with Gasteiger partial charge in [0.15, 0.2) is 0 Å².